The number of hydrogen-bond donors (Lipinski definition) is 3. The van der Waals surface area contributed by atoms with E-state index in [-0.39, 0.29) is 6.04 Å². The van der Waals surface area contributed by atoms with E-state index >= 15 is 0 Å². The minimum Gasteiger partial charge on any atom is -0.363 e. The highest BCUT2D eigenvalue weighted by Gasteiger charge is 2.28. The Morgan fingerprint density at radius 1 is 1.25 bits per heavy atom. The molecule has 3 N–H and O–H groups in total. The fourth-order valence-corrected chi connectivity index (χ4v) is 4.48. The van der Waals surface area contributed by atoms with Crippen LogP contribution in [-0.4, -0.2) is 26.5 Å². The first-order chi connectivity index (χ1) is 9.40. The van der Waals surface area contributed by atoms with Gasteiger partial charge >= 0.3 is 0 Å². The second-order valence-corrected chi connectivity index (χ2v) is 7.84. The summed E-state index contributed by atoms with van der Waals surface area (Å²) in [6, 6.07) is 1.75. The maximum Gasteiger partial charge on any atom is 0.242 e. The highest BCUT2D eigenvalue weighted by atomic mass is 32.2. The molecule has 1 heterocycles. The van der Waals surface area contributed by atoms with Crippen LogP contribution in [0.15, 0.2) is 17.2 Å². The summed E-state index contributed by atoms with van der Waals surface area (Å²) < 4.78 is 27.6. The van der Waals surface area contributed by atoms with Crippen molar-refractivity contribution < 1.29 is 8.42 Å². The van der Waals surface area contributed by atoms with E-state index in [9.17, 15) is 8.42 Å². The number of nitrogens with one attached hydrogen (secondary N) is 3. The monoisotopic (exact) mass is 299 g/mol. The van der Waals surface area contributed by atoms with Crippen LogP contribution in [0.5, 0.6) is 0 Å². The van der Waals surface area contributed by atoms with Crippen LogP contribution in [0.1, 0.15) is 38.8 Å². The second-order valence-electron chi connectivity index (χ2n) is 6.13. The third-order valence-corrected chi connectivity index (χ3v) is 5.39. The first-order valence-electron chi connectivity index (χ1n) is 7.25. The van der Waals surface area contributed by atoms with Crippen molar-refractivity contribution >= 4 is 10.0 Å². The van der Waals surface area contributed by atoms with Gasteiger partial charge in [0.2, 0.25) is 10.0 Å². The maximum atomic E-state index is 12.4. The summed E-state index contributed by atoms with van der Waals surface area (Å²) in [4.78, 5) is 3.31. The highest BCUT2D eigenvalue weighted by molar-refractivity contribution is 7.89. The Morgan fingerprint density at radius 2 is 1.90 bits per heavy atom. The Kier molecular flexibility index (Phi) is 4.88. The molecule has 2 atom stereocenters. The van der Waals surface area contributed by atoms with Crippen molar-refractivity contribution in [1.29, 1.82) is 0 Å². The minimum absolute atomic E-state index is 0.0569. The lowest BCUT2D eigenvalue weighted by molar-refractivity contribution is 0.257. The predicted molar refractivity (Wildman–Crippen MR) is 79.8 cm³/mol. The number of aromatic amines is 1. The predicted octanol–water partition coefficient (Wildman–Crippen LogP) is 1.84. The molecule has 114 valence electrons. The quantitative estimate of drug-likeness (QED) is 0.776. The molecule has 2 rings (SSSR count). The zero-order valence-electron chi connectivity index (χ0n) is 12.4. The first-order valence-corrected chi connectivity index (χ1v) is 8.73. The van der Waals surface area contributed by atoms with E-state index in [4.69, 9.17) is 0 Å². The molecule has 0 amide bonds. The summed E-state index contributed by atoms with van der Waals surface area (Å²) in [5, 5.41) is 3.00. The SMILES string of the molecule is CNCc1cc(S(=O)(=O)NC2CC(C)CC(C)C2)c[nH]1. The van der Waals surface area contributed by atoms with Gasteiger partial charge < -0.3 is 10.3 Å². The molecule has 0 bridgehead atoms. The average molecular weight is 299 g/mol. The van der Waals surface area contributed by atoms with Gasteiger partial charge in [-0.25, -0.2) is 13.1 Å². The molecule has 5 nitrogen and oxygen atoms in total. The average Bonchev–Trinajstić information content (AvgIpc) is 2.76. The fourth-order valence-electron chi connectivity index (χ4n) is 3.20. The smallest absolute Gasteiger partial charge is 0.242 e. The molecule has 0 spiro atoms. The van der Waals surface area contributed by atoms with Gasteiger partial charge in [0.1, 0.15) is 0 Å². The highest BCUT2D eigenvalue weighted by Crippen LogP contribution is 2.29. The van der Waals surface area contributed by atoms with Crippen LogP contribution >= 0.6 is 0 Å². The number of hydrogen-bond acceptors (Lipinski definition) is 3. The number of H-pyrrole nitrogens is 1. The molecule has 1 aliphatic rings. The van der Waals surface area contributed by atoms with Gasteiger partial charge in [0.25, 0.3) is 0 Å². The van der Waals surface area contributed by atoms with Crippen LogP contribution in [0.2, 0.25) is 0 Å². The summed E-state index contributed by atoms with van der Waals surface area (Å²) in [5.74, 6) is 1.16. The van der Waals surface area contributed by atoms with Crippen LogP contribution in [-0.2, 0) is 16.6 Å². The Hall–Kier alpha value is -0.850. The summed E-state index contributed by atoms with van der Waals surface area (Å²) >= 11 is 0. The van der Waals surface area contributed by atoms with Gasteiger partial charge in [-0.15, -0.1) is 0 Å². The van der Waals surface area contributed by atoms with Crippen molar-refractivity contribution in [2.75, 3.05) is 7.05 Å². The van der Waals surface area contributed by atoms with Crippen molar-refractivity contribution in [3.05, 3.63) is 18.0 Å². The van der Waals surface area contributed by atoms with Crippen molar-refractivity contribution in [1.82, 2.24) is 15.0 Å². The van der Waals surface area contributed by atoms with Gasteiger partial charge in [-0.05, 0) is 44.2 Å². The molecule has 1 saturated carbocycles. The van der Waals surface area contributed by atoms with E-state index in [1.807, 2.05) is 7.05 Å². The van der Waals surface area contributed by atoms with Crippen LogP contribution in [0.4, 0.5) is 0 Å². The van der Waals surface area contributed by atoms with Crippen molar-refractivity contribution in [3.63, 3.8) is 0 Å². The third-order valence-electron chi connectivity index (χ3n) is 3.89. The van der Waals surface area contributed by atoms with Gasteiger partial charge in [-0.1, -0.05) is 13.8 Å². The summed E-state index contributed by atoms with van der Waals surface area (Å²) in [6.07, 6.45) is 4.61. The topological polar surface area (TPSA) is 74.0 Å². The molecule has 0 aliphatic heterocycles. The lowest BCUT2D eigenvalue weighted by Gasteiger charge is -2.31. The van der Waals surface area contributed by atoms with E-state index < -0.39 is 10.0 Å². The lowest BCUT2D eigenvalue weighted by Crippen LogP contribution is -2.39. The largest absolute Gasteiger partial charge is 0.363 e. The molecular weight excluding hydrogens is 274 g/mol. The van der Waals surface area contributed by atoms with Crippen molar-refractivity contribution in [2.24, 2.45) is 11.8 Å². The Morgan fingerprint density at radius 3 is 2.50 bits per heavy atom. The Balaban J connectivity index is 2.06. The molecule has 2 unspecified atom stereocenters. The normalized spacial score (nSPS) is 27.6. The molecule has 1 aromatic heterocycles. The van der Waals surface area contributed by atoms with Crippen LogP contribution in [0.3, 0.4) is 0 Å². The van der Waals surface area contributed by atoms with Gasteiger partial charge in [0.05, 0.1) is 4.90 Å². The zero-order valence-corrected chi connectivity index (χ0v) is 13.3. The van der Waals surface area contributed by atoms with E-state index in [2.05, 4.69) is 28.9 Å². The fraction of sp³-hybridized carbons (Fsp3) is 0.714. The van der Waals surface area contributed by atoms with Crippen LogP contribution in [0, 0.1) is 11.8 Å². The molecule has 0 radical (unpaired) electrons. The van der Waals surface area contributed by atoms with Crippen LogP contribution in [0.25, 0.3) is 0 Å². The van der Waals surface area contributed by atoms with Crippen LogP contribution < -0.4 is 10.0 Å². The number of aromatic nitrogens is 1. The first kappa shape index (κ1) is 15.5. The standard InChI is InChI=1S/C14H25N3O2S/c1-10-4-11(2)6-12(5-10)17-20(18,19)14-7-13(8-15-3)16-9-14/h7,9-12,15-17H,4-6,8H2,1-3H3. The second kappa shape index (κ2) is 6.28. The van der Waals surface area contributed by atoms with Gasteiger partial charge in [-0.3, -0.25) is 0 Å². The molecule has 20 heavy (non-hydrogen) atoms. The van der Waals surface area contributed by atoms with Gasteiger partial charge in [0, 0.05) is 24.5 Å². The van der Waals surface area contributed by atoms with E-state index in [0.29, 0.717) is 23.3 Å². The number of rotatable bonds is 5. The van der Waals surface area contributed by atoms with E-state index in [1.54, 1.807) is 12.3 Å². The lowest BCUT2D eigenvalue weighted by atomic mass is 9.81. The number of sulfonamides is 1. The molecule has 0 saturated heterocycles. The molecule has 1 fully saturated rings. The Labute approximate surface area is 121 Å². The summed E-state index contributed by atoms with van der Waals surface area (Å²) in [5.41, 5.74) is 0.873. The molecule has 1 aromatic rings. The zero-order chi connectivity index (χ0) is 14.8. The summed E-state index contributed by atoms with van der Waals surface area (Å²) in [7, 11) is -1.58. The minimum atomic E-state index is -3.41. The summed E-state index contributed by atoms with van der Waals surface area (Å²) in [6.45, 7) is 5.02. The molecule has 1 aliphatic carbocycles. The van der Waals surface area contributed by atoms with Gasteiger partial charge in [-0.2, -0.15) is 0 Å². The van der Waals surface area contributed by atoms with E-state index in [0.717, 1.165) is 18.5 Å². The maximum absolute atomic E-state index is 12.4. The molecule has 0 aromatic carbocycles. The third kappa shape index (κ3) is 3.84. The van der Waals surface area contributed by atoms with Crippen molar-refractivity contribution in [2.45, 2.75) is 50.6 Å². The van der Waals surface area contributed by atoms with Crippen molar-refractivity contribution in [3.8, 4) is 0 Å². The molecular formula is C14H25N3O2S. The van der Waals surface area contributed by atoms with E-state index in [1.165, 1.54) is 6.42 Å². The van der Waals surface area contributed by atoms with Gasteiger partial charge in [0.15, 0.2) is 0 Å². The molecule has 6 heteroatoms. The Bertz CT molecular complexity index is 528.